The molecule has 3 amide bonds. The first-order chi connectivity index (χ1) is 26.8. The van der Waals surface area contributed by atoms with Gasteiger partial charge < -0.3 is 29.7 Å². The van der Waals surface area contributed by atoms with Crippen LogP contribution in [0.1, 0.15) is 35.2 Å². The average molecular weight is 764 g/mol. The van der Waals surface area contributed by atoms with Crippen molar-refractivity contribution < 1.29 is 33.4 Å². The Morgan fingerprint density at radius 3 is 2.38 bits per heavy atom. The van der Waals surface area contributed by atoms with Crippen molar-refractivity contribution in [2.75, 3.05) is 57.7 Å². The molecule has 11 nitrogen and oxygen atoms in total. The van der Waals surface area contributed by atoms with E-state index in [4.69, 9.17) is 9.47 Å². The first-order valence-corrected chi connectivity index (χ1v) is 19.5. The Morgan fingerprint density at radius 2 is 1.62 bits per heavy atom. The van der Waals surface area contributed by atoms with Gasteiger partial charge in [0.2, 0.25) is 11.8 Å². The second kappa shape index (κ2) is 16.1. The number of nitrogens with zero attached hydrogens (tertiary/aromatic N) is 3. The van der Waals surface area contributed by atoms with Crippen LogP contribution in [0.25, 0.3) is 20.5 Å². The summed E-state index contributed by atoms with van der Waals surface area (Å²) in [5, 5.41) is 16.7. The van der Waals surface area contributed by atoms with E-state index in [-0.39, 0.29) is 29.8 Å². The predicted molar refractivity (Wildman–Crippen MR) is 209 cm³/mol. The van der Waals surface area contributed by atoms with Crippen molar-refractivity contribution in [2.24, 2.45) is 0 Å². The molecule has 0 bridgehead atoms. The first kappa shape index (κ1) is 36.5. The van der Waals surface area contributed by atoms with Gasteiger partial charge in [0.15, 0.2) is 5.75 Å². The largest absolute Gasteiger partial charge is 0.508 e. The summed E-state index contributed by atoms with van der Waals surface area (Å²) in [6.45, 7) is 7.55. The third-order valence-corrected chi connectivity index (χ3v) is 11.6. The number of piperazine rings is 1. The molecule has 1 atom stereocenters. The molecule has 0 spiro atoms. The fraction of sp³-hybridized carbons (Fsp3) is 0.310. The highest BCUT2D eigenvalue weighted by Gasteiger charge is 2.39. The van der Waals surface area contributed by atoms with Gasteiger partial charge in [-0.05, 0) is 103 Å². The molecule has 55 heavy (non-hydrogen) atoms. The van der Waals surface area contributed by atoms with Gasteiger partial charge in [0.1, 0.15) is 35.7 Å². The number of benzene rings is 4. The van der Waals surface area contributed by atoms with Gasteiger partial charge in [-0.2, -0.15) is 0 Å². The molecule has 0 radical (unpaired) electrons. The number of anilines is 1. The van der Waals surface area contributed by atoms with Crippen LogP contribution in [0.15, 0.2) is 84.9 Å². The second-order valence-electron chi connectivity index (χ2n) is 14.1. The van der Waals surface area contributed by atoms with Gasteiger partial charge in [-0.1, -0.05) is 12.1 Å². The second-order valence-corrected chi connectivity index (χ2v) is 15.2. The van der Waals surface area contributed by atoms with Crippen LogP contribution in [0.2, 0.25) is 0 Å². The molecule has 1 aromatic heterocycles. The zero-order chi connectivity index (χ0) is 37.9. The van der Waals surface area contributed by atoms with E-state index < -0.39 is 11.9 Å². The summed E-state index contributed by atoms with van der Waals surface area (Å²) in [7, 11) is 0. The summed E-state index contributed by atoms with van der Waals surface area (Å²) in [4.78, 5) is 44.2. The Labute approximate surface area is 322 Å². The van der Waals surface area contributed by atoms with Crippen molar-refractivity contribution in [3.8, 4) is 33.4 Å². The van der Waals surface area contributed by atoms with E-state index in [1.807, 2.05) is 48.5 Å². The summed E-state index contributed by atoms with van der Waals surface area (Å²) in [5.41, 5.74) is 3.31. The lowest BCUT2D eigenvalue weighted by Crippen LogP contribution is -2.52. The standard InChI is InChI=1S/C42H42FN5O6S/c43-29-4-2-27(3-5-29)40-39(35-13-7-31(49)25-37(35)55-40)54-33-10-8-32(9-11-33)53-23-22-47-20-18-46(19-21-47)17-1-16-44-30-6-12-34-28(24-30)26-48(42(34)52)36-14-15-38(50)45-41(36)51/h2-13,24-25,36,44,49H,1,14-23,26H2,(H,45,50,51). The maximum Gasteiger partial charge on any atom is 0.255 e. The van der Waals surface area contributed by atoms with Gasteiger partial charge in [0.25, 0.3) is 5.91 Å². The Morgan fingerprint density at radius 1 is 0.873 bits per heavy atom. The quantitative estimate of drug-likeness (QED) is 0.0916. The number of carbonyl (C=O) groups is 3. The number of thiophene rings is 1. The van der Waals surface area contributed by atoms with Gasteiger partial charge in [0.05, 0.1) is 4.88 Å². The van der Waals surface area contributed by atoms with Crippen molar-refractivity contribution in [3.63, 3.8) is 0 Å². The van der Waals surface area contributed by atoms with Crippen LogP contribution >= 0.6 is 11.3 Å². The van der Waals surface area contributed by atoms with Crippen molar-refractivity contribution in [1.29, 1.82) is 0 Å². The molecule has 3 N–H and O–H groups in total. The molecule has 5 aromatic rings. The van der Waals surface area contributed by atoms with E-state index in [1.165, 1.54) is 23.5 Å². The fourth-order valence-corrected chi connectivity index (χ4v) is 8.59. The van der Waals surface area contributed by atoms with Gasteiger partial charge in [0, 0.05) is 73.6 Å². The number of hydrogen-bond donors (Lipinski definition) is 3. The third kappa shape index (κ3) is 8.29. The highest BCUT2D eigenvalue weighted by atomic mass is 32.1. The Bertz CT molecular complexity index is 2200. The van der Waals surface area contributed by atoms with Crippen molar-refractivity contribution in [3.05, 3.63) is 102 Å². The smallest absolute Gasteiger partial charge is 0.255 e. The lowest BCUT2D eigenvalue weighted by Gasteiger charge is -2.34. The van der Waals surface area contributed by atoms with Crippen LogP contribution in [0.4, 0.5) is 10.1 Å². The number of ether oxygens (including phenoxy) is 2. The van der Waals surface area contributed by atoms with Gasteiger partial charge in [-0.25, -0.2) is 4.39 Å². The molecule has 3 aliphatic heterocycles. The molecule has 4 heterocycles. The number of carbonyl (C=O) groups excluding carboxylic acids is 3. The summed E-state index contributed by atoms with van der Waals surface area (Å²) >= 11 is 1.49. The lowest BCUT2D eigenvalue weighted by molar-refractivity contribution is -0.136. The summed E-state index contributed by atoms with van der Waals surface area (Å²) in [5.74, 6) is 1.11. The molecule has 0 aliphatic carbocycles. The molecule has 1 unspecified atom stereocenters. The number of halogens is 1. The van der Waals surface area contributed by atoms with E-state index in [0.29, 0.717) is 36.6 Å². The van der Waals surface area contributed by atoms with E-state index in [1.54, 1.807) is 29.2 Å². The number of aromatic hydroxyl groups is 1. The Balaban J connectivity index is 0.750. The number of rotatable bonds is 13. The van der Waals surface area contributed by atoms with Crippen molar-refractivity contribution in [1.82, 2.24) is 20.0 Å². The van der Waals surface area contributed by atoms with Gasteiger partial charge >= 0.3 is 0 Å². The SMILES string of the molecule is O=C1CCC(N2Cc3cc(NCCCN4CCN(CCOc5ccc(Oc6c(-c7ccc(F)cc7)sc7cc(O)ccc67)cc5)CC4)ccc3C2=O)C(=O)N1. The number of piperidine rings is 1. The lowest BCUT2D eigenvalue weighted by atomic mass is 10.0. The van der Waals surface area contributed by atoms with E-state index in [0.717, 1.165) is 89.8 Å². The number of phenols is 1. The van der Waals surface area contributed by atoms with Crippen LogP contribution in [0.3, 0.4) is 0 Å². The van der Waals surface area contributed by atoms with Crippen LogP contribution in [0, 0.1) is 5.82 Å². The maximum atomic E-state index is 13.6. The summed E-state index contributed by atoms with van der Waals surface area (Å²) in [6, 6.07) is 24.2. The molecule has 2 saturated heterocycles. The minimum absolute atomic E-state index is 0.159. The normalized spacial score (nSPS) is 17.7. The minimum Gasteiger partial charge on any atom is -0.508 e. The Kier molecular flexibility index (Phi) is 10.7. The molecule has 284 valence electrons. The molecule has 4 aromatic carbocycles. The molecule has 0 saturated carbocycles. The third-order valence-electron chi connectivity index (χ3n) is 10.4. The number of imide groups is 1. The molecule has 8 rings (SSSR count). The number of hydrogen-bond acceptors (Lipinski definition) is 10. The van der Waals surface area contributed by atoms with Gasteiger partial charge in [-0.15, -0.1) is 11.3 Å². The molecular weight excluding hydrogens is 722 g/mol. The van der Waals surface area contributed by atoms with Crippen LogP contribution in [-0.4, -0.2) is 96.0 Å². The molecule has 3 aliphatic rings. The molecular formula is C42H42FN5O6S. The van der Waals surface area contributed by atoms with Crippen LogP contribution in [-0.2, 0) is 16.1 Å². The van der Waals surface area contributed by atoms with Gasteiger partial charge in [-0.3, -0.25) is 24.6 Å². The van der Waals surface area contributed by atoms with Crippen molar-refractivity contribution >= 4 is 44.8 Å². The predicted octanol–water partition coefficient (Wildman–Crippen LogP) is 6.46. The van der Waals surface area contributed by atoms with Crippen LogP contribution < -0.4 is 20.1 Å². The fourth-order valence-electron chi connectivity index (χ4n) is 7.42. The number of nitrogens with one attached hydrogen (secondary N) is 2. The molecule has 13 heteroatoms. The van der Waals surface area contributed by atoms with E-state index in [9.17, 15) is 23.9 Å². The molecule has 2 fully saturated rings. The zero-order valence-corrected chi connectivity index (χ0v) is 31.1. The van der Waals surface area contributed by atoms with Crippen molar-refractivity contribution in [2.45, 2.75) is 31.8 Å². The van der Waals surface area contributed by atoms with Crippen LogP contribution in [0.5, 0.6) is 23.0 Å². The number of amides is 3. The topological polar surface area (TPSA) is 124 Å². The van der Waals surface area contributed by atoms with E-state index >= 15 is 0 Å². The average Bonchev–Trinajstić information content (AvgIpc) is 3.70. The minimum atomic E-state index is -0.607. The Hall–Kier alpha value is -5.50. The highest BCUT2D eigenvalue weighted by molar-refractivity contribution is 7.22. The van der Waals surface area contributed by atoms with E-state index in [2.05, 4.69) is 20.4 Å². The zero-order valence-electron chi connectivity index (χ0n) is 30.3. The highest BCUT2D eigenvalue weighted by Crippen LogP contribution is 2.47. The first-order valence-electron chi connectivity index (χ1n) is 18.7. The maximum absolute atomic E-state index is 13.6. The number of fused-ring (bicyclic) bond motifs is 2. The monoisotopic (exact) mass is 763 g/mol. The summed E-state index contributed by atoms with van der Waals surface area (Å²) < 4.78 is 27.0. The number of phenolic OH excluding ortho intramolecular Hbond substituents is 1. The summed E-state index contributed by atoms with van der Waals surface area (Å²) in [6.07, 6.45) is 1.59.